The summed E-state index contributed by atoms with van der Waals surface area (Å²) in [5.41, 5.74) is 0.434. The summed E-state index contributed by atoms with van der Waals surface area (Å²) < 4.78 is 10.0. The van der Waals surface area contributed by atoms with Crippen LogP contribution in [-0.4, -0.2) is 31.9 Å². The molecule has 0 aromatic carbocycles. The van der Waals surface area contributed by atoms with Gasteiger partial charge in [0, 0.05) is 25.5 Å². The molecule has 2 heterocycles. The van der Waals surface area contributed by atoms with Crippen LogP contribution < -0.4 is 0 Å². The van der Waals surface area contributed by atoms with Crippen LogP contribution >= 0.6 is 31.9 Å². The predicted octanol–water partition coefficient (Wildman–Crippen LogP) is 3.51. The van der Waals surface area contributed by atoms with Gasteiger partial charge in [0.25, 0.3) is 0 Å². The highest BCUT2D eigenvalue weighted by Crippen LogP contribution is 2.26. The third-order valence-electron chi connectivity index (χ3n) is 3.24. The standard InChI is InChI=1S/C14H18Br2N4O2/c1-3-22-14(21)11-12(15)18-20(13(11)16)6-4-10(2)8-19-7-5-17-9-19/h5,7,9-10H,3-4,6,8H2,1-2H3. The Morgan fingerprint density at radius 3 is 2.86 bits per heavy atom. The minimum atomic E-state index is -0.376. The van der Waals surface area contributed by atoms with Gasteiger partial charge in [0.05, 0.1) is 12.9 Å². The van der Waals surface area contributed by atoms with Gasteiger partial charge in [-0.05, 0) is 51.1 Å². The molecule has 8 heteroatoms. The molecule has 2 aromatic heterocycles. The van der Waals surface area contributed by atoms with Crippen molar-refractivity contribution in [3.63, 3.8) is 0 Å². The second kappa shape index (κ2) is 7.92. The topological polar surface area (TPSA) is 61.9 Å². The van der Waals surface area contributed by atoms with E-state index in [0.717, 1.165) is 13.0 Å². The summed E-state index contributed by atoms with van der Waals surface area (Å²) in [6, 6.07) is 0. The number of rotatable bonds is 7. The molecular formula is C14H18Br2N4O2. The molecule has 22 heavy (non-hydrogen) atoms. The minimum absolute atomic E-state index is 0.338. The minimum Gasteiger partial charge on any atom is -0.462 e. The van der Waals surface area contributed by atoms with Crippen molar-refractivity contribution < 1.29 is 9.53 Å². The van der Waals surface area contributed by atoms with Crippen LogP contribution in [0.3, 0.4) is 0 Å². The van der Waals surface area contributed by atoms with Crippen LogP contribution in [0.1, 0.15) is 30.6 Å². The van der Waals surface area contributed by atoms with Crippen LogP contribution in [0.4, 0.5) is 0 Å². The van der Waals surface area contributed by atoms with Crippen LogP contribution in [0.5, 0.6) is 0 Å². The first-order valence-electron chi connectivity index (χ1n) is 7.07. The summed E-state index contributed by atoms with van der Waals surface area (Å²) in [7, 11) is 0. The lowest BCUT2D eigenvalue weighted by atomic mass is 10.1. The van der Waals surface area contributed by atoms with E-state index in [1.807, 2.05) is 12.5 Å². The first kappa shape index (κ1) is 17.2. The molecule has 0 spiro atoms. The number of aromatic nitrogens is 4. The predicted molar refractivity (Wildman–Crippen MR) is 89.6 cm³/mol. The van der Waals surface area contributed by atoms with Crippen molar-refractivity contribution in [3.8, 4) is 0 Å². The number of carbonyl (C=O) groups excluding carboxylic acids is 1. The lowest BCUT2D eigenvalue weighted by Gasteiger charge is -2.12. The van der Waals surface area contributed by atoms with Gasteiger partial charge in [0.2, 0.25) is 0 Å². The second-order valence-electron chi connectivity index (χ2n) is 5.05. The normalized spacial score (nSPS) is 12.4. The molecule has 0 amide bonds. The molecule has 0 saturated carbocycles. The summed E-state index contributed by atoms with van der Waals surface area (Å²) in [4.78, 5) is 15.9. The third-order valence-corrected chi connectivity index (χ3v) is 4.60. The van der Waals surface area contributed by atoms with Gasteiger partial charge in [0.1, 0.15) is 14.8 Å². The molecule has 0 aliphatic carbocycles. The molecular weight excluding hydrogens is 416 g/mol. The maximum absolute atomic E-state index is 11.9. The summed E-state index contributed by atoms with van der Waals surface area (Å²) in [5.74, 6) is 0.0917. The number of halogens is 2. The number of hydrogen-bond donors (Lipinski definition) is 0. The average Bonchev–Trinajstić information content (AvgIpc) is 3.05. The summed E-state index contributed by atoms with van der Waals surface area (Å²) in [6.45, 7) is 5.92. The Hall–Kier alpha value is -1.15. The highest BCUT2D eigenvalue weighted by atomic mass is 79.9. The maximum Gasteiger partial charge on any atom is 0.343 e. The van der Waals surface area contributed by atoms with Crippen molar-refractivity contribution in [2.45, 2.75) is 33.4 Å². The van der Waals surface area contributed by atoms with Crippen LogP contribution in [0, 0.1) is 5.92 Å². The molecule has 0 bridgehead atoms. The molecule has 1 atom stereocenters. The SMILES string of the molecule is CCOC(=O)c1c(Br)nn(CCC(C)Cn2ccnc2)c1Br. The molecule has 0 aliphatic heterocycles. The molecule has 6 nitrogen and oxygen atoms in total. The van der Waals surface area contributed by atoms with E-state index in [1.54, 1.807) is 17.8 Å². The number of nitrogens with zero attached hydrogens (tertiary/aromatic N) is 4. The zero-order valence-corrected chi connectivity index (χ0v) is 15.7. The van der Waals surface area contributed by atoms with Crippen molar-refractivity contribution in [1.29, 1.82) is 0 Å². The smallest absolute Gasteiger partial charge is 0.343 e. The number of imidazole rings is 1. The Morgan fingerprint density at radius 1 is 1.45 bits per heavy atom. The molecule has 0 saturated heterocycles. The van der Waals surface area contributed by atoms with Crippen molar-refractivity contribution >= 4 is 37.8 Å². The second-order valence-corrected chi connectivity index (χ2v) is 6.56. The number of aryl methyl sites for hydroxylation is 1. The molecule has 120 valence electrons. The van der Waals surface area contributed by atoms with Crippen LogP contribution in [0.2, 0.25) is 0 Å². The van der Waals surface area contributed by atoms with E-state index in [9.17, 15) is 4.79 Å². The molecule has 0 aliphatic rings. The fraction of sp³-hybridized carbons (Fsp3) is 0.500. The van der Waals surface area contributed by atoms with Gasteiger partial charge >= 0.3 is 5.97 Å². The average molecular weight is 434 g/mol. The van der Waals surface area contributed by atoms with Gasteiger partial charge in [-0.25, -0.2) is 9.78 Å². The van der Waals surface area contributed by atoms with Crippen LogP contribution in [0.15, 0.2) is 27.9 Å². The molecule has 0 fully saturated rings. The Kier molecular flexibility index (Phi) is 6.19. The molecule has 2 rings (SSSR count). The Bertz CT molecular complexity index is 625. The van der Waals surface area contributed by atoms with E-state index >= 15 is 0 Å². The highest BCUT2D eigenvalue weighted by molar-refractivity contribution is 9.11. The summed E-state index contributed by atoms with van der Waals surface area (Å²) in [6.07, 6.45) is 6.48. The van der Waals surface area contributed by atoms with Crippen LogP contribution in [-0.2, 0) is 17.8 Å². The maximum atomic E-state index is 11.9. The van der Waals surface area contributed by atoms with E-state index in [-0.39, 0.29) is 5.97 Å². The van der Waals surface area contributed by atoms with Crippen molar-refractivity contribution in [2.24, 2.45) is 5.92 Å². The van der Waals surface area contributed by atoms with Crippen molar-refractivity contribution in [2.75, 3.05) is 6.61 Å². The van der Waals surface area contributed by atoms with Gasteiger partial charge in [-0.2, -0.15) is 5.10 Å². The largest absolute Gasteiger partial charge is 0.462 e. The van der Waals surface area contributed by atoms with E-state index in [4.69, 9.17) is 4.74 Å². The lowest BCUT2D eigenvalue weighted by Crippen LogP contribution is -2.11. The first-order valence-corrected chi connectivity index (χ1v) is 8.66. The number of carbonyl (C=O) groups is 1. The summed E-state index contributed by atoms with van der Waals surface area (Å²) in [5, 5.41) is 4.35. The number of esters is 1. The lowest BCUT2D eigenvalue weighted by molar-refractivity contribution is 0.0524. The van der Waals surface area contributed by atoms with E-state index in [0.29, 0.717) is 33.8 Å². The van der Waals surface area contributed by atoms with Gasteiger partial charge in [0.15, 0.2) is 0 Å². The monoisotopic (exact) mass is 432 g/mol. The zero-order chi connectivity index (χ0) is 16.1. The fourth-order valence-electron chi connectivity index (χ4n) is 2.12. The van der Waals surface area contributed by atoms with E-state index in [1.165, 1.54) is 0 Å². The summed E-state index contributed by atoms with van der Waals surface area (Å²) >= 11 is 6.76. The molecule has 1 unspecified atom stereocenters. The first-order chi connectivity index (χ1) is 10.5. The molecule has 2 aromatic rings. The third kappa shape index (κ3) is 4.19. The van der Waals surface area contributed by atoms with Gasteiger partial charge in [-0.15, -0.1) is 0 Å². The Morgan fingerprint density at radius 2 is 2.23 bits per heavy atom. The molecule has 0 N–H and O–H groups in total. The fourth-order valence-corrected chi connectivity index (χ4v) is 3.54. The molecule has 0 radical (unpaired) electrons. The van der Waals surface area contributed by atoms with Gasteiger partial charge < -0.3 is 9.30 Å². The van der Waals surface area contributed by atoms with Gasteiger partial charge in [-0.3, -0.25) is 4.68 Å². The zero-order valence-electron chi connectivity index (χ0n) is 12.5. The quantitative estimate of drug-likeness (QED) is 0.627. The van der Waals surface area contributed by atoms with Crippen molar-refractivity contribution in [3.05, 3.63) is 33.5 Å². The van der Waals surface area contributed by atoms with Crippen LogP contribution in [0.25, 0.3) is 0 Å². The van der Waals surface area contributed by atoms with Crippen molar-refractivity contribution in [1.82, 2.24) is 19.3 Å². The Balaban J connectivity index is 1.98. The van der Waals surface area contributed by atoms with E-state index < -0.39 is 0 Å². The Labute approximate surface area is 146 Å². The number of hydrogen-bond acceptors (Lipinski definition) is 4. The van der Waals surface area contributed by atoms with E-state index in [2.05, 4.69) is 53.4 Å². The number of ether oxygens (including phenoxy) is 1. The van der Waals surface area contributed by atoms with Gasteiger partial charge in [-0.1, -0.05) is 6.92 Å². The highest BCUT2D eigenvalue weighted by Gasteiger charge is 2.22.